The van der Waals surface area contributed by atoms with Crippen LogP contribution in [0.1, 0.15) is 56.6 Å². The summed E-state index contributed by atoms with van der Waals surface area (Å²) in [4.78, 5) is 0. The Hall–Kier alpha value is -0.930. The van der Waals surface area contributed by atoms with E-state index in [1.807, 2.05) is 6.07 Å². The second-order valence-corrected chi connectivity index (χ2v) is 6.34. The summed E-state index contributed by atoms with van der Waals surface area (Å²) in [6.45, 7) is 0.719. The molecule has 2 atom stereocenters. The van der Waals surface area contributed by atoms with Crippen LogP contribution in [0.5, 0.6) is 0 Å². The molecule has 20 heavy (non-hydrogen) atoms. The maximum Gasteiger partial charge on any atom is 0.123 e. The Morgan fingerprint density at radius 3 is 2.80 bits per heavy atom. The lowest BCUT2D eigenvalue weighted by atomic mass is 9.74. The molecule has 1 N–H and O–H groups in total. The minimum atomic E-state index is -0.576. The summed E-state index contributed by atoms with van der Waals surface area (Å²) in [7, 11) is 0. The fourth-order valence-corrected chi connectivity index (χ4v) is 3.84. The van der Waals surface area contributed by atoms with Crippen LogP contribution < -0.4 is 0 Å². The highest BCUT2D eigenvalue weighted by atomic mass is 19.1. The first-order chi connectivity index (χ1) is 9.69. The molecule has 0 amide bonds. The molecule has 2 fully saturated rings. The number of aliphatic hydroxyl groups excluding tert-OH is 1. The third-order valence-corrected chi connectivity index (χ3v) is 4.93. The van der Waals surface area contributed by atoms with E-state index in [1.54, 1.807) is 6.07 Å². The highest BCUT2D eigenvalue weighted by Gasteiger charge is 2.40. The van der Waals surface area contributed by atoms with Crippen molar-refractivity contribution >= 4 is 0 Å². The van der Waals surface area contributed by atoms with E-state index >= 15 is 0 Å². The average Bonchev–Trinajstić information content (AvgIpc) is 2.47. The lowest BCUT2D eigenvalue weighted by Gasteiger charge is -2.44. The highest BCUT2D eigenvalue weighted by Crippen LogP contribution is 2.44. The molecule has 3 heteroatoms. The number of hydrogen-bond acceptors (Lipinski definition) is 2. The maximum absolute atomic E-state index is 13.3. The van der Waals surface area contributed by atoms with E-state index < -0.39 is 6.10 Å². The van der Waals surface area contributed by atoms with Crippen molar-refractivity contribution in [3.05, 3.63) is 35.6 Å². The summed E-state index contributed by atoms with van der Waals surface area (Å²) in [5.74, 6) is -0.0929. The molecular formula is C17H23FO2. The molecule has 2 aliphatic rings. The molecule has 0 bridgehead atoms. The van der Waals surface area contributed by atoms with Crippen molar-refractivity contribution < 1.29 is 14.2 Å². The van der Waals surface area contributed by atoms with Gasteiger partial charge in [0, 0.05) is 6.61 Å². The average molecular weight is 278 g/mol. The van der Waals surface area contributed by atoms with Crippen LogP contribution in [0.3, 0.4) is 0 Å². The predicted octanol–water partition coefficient (Wildman–Crippen LogP) is 3.99. The molecule has 1 saturated heterocycles. The van der Waals surface area contributed by atoms with E-state index in [4.69, 9.17) is 4.74 Å². The van der Waals surface area contributed by atoms with Gasteiger partial charge in [-0.05, 0) is 49.3 Å². The van der Waals surface area contributed by atoms with Gasteiger partial charge in [-0.3, -0.25) is 0 Å². The Kier molecular flexibility index (Phi) is 4.08. The standard InChI is InChI=1S/C17H23FO2/c18-15-6-4-5-13(11-15)16(19)14-7-10-20-17(12-14)8-2-1-3-9-17/h4-6,11,14,16,19H,1-3,7-10,12H2. The van der Waals surface area contributed by atoms with E-state index in [-0.39, 0.29) is 17.3 Å². The Bertz CT molecular complexity index is 449. The van der Waals surface area contributed by atoms with Gasteiger partial charge in [0.2, 0.25) is 0 Å². The third kappa shape index (κ3) is 2.89. The minimum Gasteiger partial charge on any atom is -0.388 e. The van der Waals surface area contributed by atoms with Gasteiger partial charge >= 0.3 is 0 Å². The topological polar surface area (TPSA) is 29.5 Å². The van der Waals surface area contributed by atoms with E-state index in [0.29, 0.717) is 5.56 Å². The zero-order chi connectivity index (χ0) is 14.0. The van der Waals surface area contributed by atoms with Crippen molar-refractivity contribution in [1.29, 1.82) is 0 Å². The van der Waals surface area contributed by atoms with Gasteiger partial charge in [-0.1, -0.05) is 31.4 Å². The highest BCUT2D eigenvalue weighted by molar-refractivity contribution is 5.19. The van der Waals surface area contributed by atoms with Crippen LogP contribution in [0.15, 0.2) is 24.3 Å². The molecule has 0 radical (unpaired) electrons. The largest absolute Gasteiger partial charge is 0.388 e. The summed E-state index contributed by atoms with van der Waals surface area (Å²) in [5, 5.41) is 10.6. The SMILES string of the molecule is OC(c1cccc(F)c1)C1CCOC2(CCCCC2)C1. The van der Waals surface area contributed by atoms with Crippen LogP contribution in [0, 0.1) is 11.7 Å². The number of rotatable bonds is 2. The zero-order valence-corrected chi connectivity index (χ0v) is 11.9. The van der Waals surface area contributed by atoms with Gasteiger partial charge in [0.25, 0.3) is 0 Å². The number of ether oxygens (including phenoxy) is 1. The molecule has 1 aromatic carbocycles. The molecule has 1 saturated carbocycles. The molecule has 110 valence electrons. The Morgan fingerprint density at radius 1 is 1.25 bits per heavy atom. The Labute approximate surface area is 120 Å². The van der Waals surface area contributed by atoms with Crippen LogP contribution in [-0.4, -0.2) is 17.3 Å². The van der Waals surface area contributed by atoms with Gasteiger partial charge in [0.15, 0.2) is 0 Å². The van der Waals surface area contributed by atoms with Crippen molar-refractivity contribution in [2.45, 2.75) is 56.7 Å². The first-order valence-electron chi connectivity index (χ1n) is 7.76. The number of halogens is 1. The second-order valence-electron chi connectivity index (χ2n) is 6.34. The summed E-state index contributed by atoms with van der Waals surface area (Å²) >= 11 is 0. The van der Waals surface area contributed by atoms with Crippen LogP contribution in [0.4, 0.5) is 4.39 Å². The number of hydrogen-bond donors (Lipinski definition) is 1. The van der Waals surface area contributed by atoms with Crippen LogP contribution in [0.2, 0.25) is 0 Å². The summed E-state index contributed by atoms with van der Waals surface area (Å²) in [6.07, 6.45) is 7.16. The predicted molar refractivity (Wildman–Crippen MR) is 75.9 cm³/mol. The van der Waals surface area contributed by atoms with Crippen LogP contribution >= 0.6 is 0 Å². The fourth-order valence-electron chi connectivity index (χ4n) is 3.84. The van der Waals surface area contributed by atoms with Crippen molar-refractivity contribution in [3.8, 4) is 0 Å². The van der Waals surface area contributed by atoms with Crippen molar-refractivity contribution in [1.82, 2.24) is 0 Å². The summed E-state index contributed by atoms with van der Waals surface area (Å²) in [5.41, 5.74) is 0.679. The van der Waals surface area contributed by atoms with Gasteiger partial charge in [-0.25, -0.2) is 4.39 Å². The van der Waals surface area contributed by atoms with Crippen molar-refractivity contribution in [2.24, 2.45) is 5.92 Å². The van der Waals surface area contributed by atoms with Crippen molar-refractivity contribution in [2.75, 3.05) is 6.61 Å². The van der Waals surface area contributed by atoms with Gasteiger partial charge < -0.3 is 9.84 Å². The maximum atomic E-state index is 13.3. The van der Waals surface area contributed by atoms with Gasteiger partial charge in [0.05, 0.1) is 11.7 Å². The lowest BCUT2D eigenvalue weighted by molar-refractivity contribution is -0.134. The quantitative estimate of drug-likeness (QED) is 0.886. The number of benzene rings is 1. The smallest absolute Gasteiger partial charge is 0.123 e. The summed E-state index contributed by atoms with van der Waals surface area (Å²) in [6, 6.07) is 6.36. The molecule has 0 aromatic heterocycles. The van der Waals surface area contributed by atoms with Crippen LogP contribution in [-0.2, 0) is 4.74 Å². The van der Waals surface area contributed by atoms with E-state index in [2.05, 4.69) is 0 Å². The Morgan fingerprint density at radius 2 is 2.05 bits per heavy atom. The summed E-state index contributed by atoms with van der Waals surface area (Å²) < 4.78 is 19.4. The minimum absolute atomic E-state index is 0.0184. The monoisotopic (exact) mass is 278 g/mol. The zero-order valence-electron chi connectivity index (χ0n) is 11.9. The first-order valence-corrected chi connectivity index (χ1v) is 7.76. The molecule has 1 aliphatic heterocycles. The van der Waals surface area contributed by atoms with E-state index in [0.717, 1.165) is 32.3 Å². The molecule has 3 rings (SSSR count). The van der Waals surface area contributed by atoms with Crippen molar-refractivity contribution in [3.63, 3.8) is 0 Å². The first kappa shape index (κ1) is 14.0. The molecule has 1 aliphatic carbocycles. The van der Waals surface area contributed by atoms with Gasteiger partial charge in [-0.15, -0.1) is 0 Å². The Balaban J connectivity index is 1.73. The molecule has 2 nitrogen and oxygen atoms in total. The lowest BCUT2D eigenvalue weighted by Crippen LogP contribution is -2.42. The van der Waals surface area contributed by atoms with Crippen LogP contribution in [0.25, 0.3) is 0 Å². The number of aliphatic hydroxyl groups is 1. The molecule has 1 spiro atoms. The van der Waals surface area contributed by atoms with E-state index in [9.17, 15) is 9.50 Å². The van der Waals surface area contributed by atoms with Gasteiger partial charge in [0.1, 0.15) is 5.82 Å². The normalized spacial score (nSPS) is 27.4. The molecule has 1 aromatic rings. The molecule has 2 unspecified atom stereocenters. The van der Waals surface area contributed by atoms with Gasteiger partial charge in [-0.2, -0.15) is 0 Å². The molecular weight excluding hydrogens is 255 g/mol. The second kappa shape index (κ2) is 5.82. The fraction of sp³-hybridized carbons (Fsp3) is 0.647. The van der Waals surface area contributed by atoms with E-state index in [1.165, 1.54) is 31.4 Å². The third-order valence-electron chi connectivity index (χ3n) is 4.93. The molecule has 1 heterocycles.